The Labute approximate surface area is 130 Å². The van der Waals surface area contributed by atoms with Crippen molar-refractivity contribution < 1.29 is 8.42 Å². The number of benzene rings is 1. The van der Waals surface area contributed by atoms with Gasteiger partial charge in [0.1, 0.15) is 0 Å². The molecule has 0 radical (unpaired) electrons. The zero-order valence-corrected chi connectivity index (χ0v) is 14.2. The molecule has 112 valence electrons. The lowest BCUT2D eigenvalue weighted by Gasteiger charge is -2.34. The van der Waals surface area contributed by atoms with Crippen LogP contribution in [-0.4, -0.2) is 25.8 Å². The van der Waals surface area contributed by atoms with E-state index >= 15 is 0 Å². The first kappa shape index (κ1) is 16.1. The van der Waals surface area contributed by atoms with Gasteiger partial charge in [-0.1, -0.05) is 37.0 Å². The van der Waals surface area contributed by atoms with E-state index in [0.29, 0.717) is 35.5 Å². The van der Waals surface area contributed by atoms with Crippen molar-refractivity contribution in [2.75, 3.05) is 13.1 Å². The van der Waals surface area contributed by atoms with Gasteiger partial charge in [0.05, 0.1) is 14.9 Å². The quantitative estimate of drug-likeness (QED) is 0.819. The van der Waals surface area contributed by atoms with E-state index in [-0.39, 0.29) is 9.92 Å². The summed E-state index contributed by atoms with van der Waals surface area (Å²) in [5.74, 6) is 0.744. The van der Waals surface area contributed by atoms with Crippen molar-refractivity contribution in [3.05, 3.63) is 27.7 Å². The number of aryl methyl sites for hydroxylation is 1. The van der Waals surface area contributed by atoms with Crippen LogP contribution in [0, 0.1) is 18.8 Å². The van der Waals surface area contributed by atoms with E-state index < -0.39 is 10.0 Å². The Hall–Kier alpha value is -0.290. The fraction of sp³-hybridized carbons (Fsp3) is 0.571. The van der Waals surface area contributed by atoms with E-state index in [1.807, 2.05) is 0 Å². The van der Waals surface area contributed by atoms with E-state index in [1.54, 1.807) is 17.3 Å². The average Bonchev–Trinajstić information content (AvgIpc) is 2.32. The molecule has 20 heavy (non-hydrogen) atoms. The van der Waals surface area contributed by atoms with E-state index in [2.05, 4.69) is 13.8 Å². The van der Waals surface area contributed by atoms with E-state index in [9.17, 15) is 8.42 Å². The van der Waals surface area contributed by atoms with Gasteiger partial charge in [-0.25, -0.2) is 8.42 Å². The molecular formula is C14H19Cl2NO2S. The highest BCUT2D eigenvalue weighted by atomic mass is 35.5. The summed E-state index contributed by atoms with van der Waals surface area (Å²) in [6.07, 6.45) is 1.06. The van der Waals surface area contributed by atoms with Crippen molar-refractivity contribution in [2.24, 2.45) is 11.8 Å². The van der Waals surface area contributed by atoms with Gasteiger partial charge in [-0.3, -0.25) is 0 Å². The highest BCUT2D eigenvalue weighted by Gasteiger charge is 2.32. The molecule has 2 atom stereocenters. The predicted octanol–water partition coefficient (Wildman–Crippen LogP) is 3.97. The van der Waals surface area contributed by atoms with Crippen LogP contribution in [0.3, 0.4) is 0 Å². The molecule has 0 amide bonds. The lowest BCUT2D eigenvalue weighted by molar-refractivity contribution is 0.222. The first-order chi connectivity index (χ1) is 9.21. The minimum absolute atomic E-state index is 0.258. The first-order valence-corrected chi connectivity index (χ1v) is 8.87. The molecule has 1 aliphatic heterocycles. The van der Waals surface area contributed by atoms with Crippen LogP contribution in [0.2, 0.25) is 10.0 Å². The fourth-order valence-corrected chi connectivity index (χ4v) is 5.21. The molecule has 0 aromatic heterocycles. The van der Waals surface area contributed by atoms with Crippen LogP contribution in [0.25, 0.3) is 0 Å². The minimum Gasteiger partial charge on any atom is -0.207 e. The van der Waals surface area contributed by atoms with Crippen LogP contribution in [0.4, 0.5) is 0 Å². The summed E-state index contributed by atoms with van der Waals surface area (Å²) >= 11 is 11.9. The maximum absolute atomic E-state index is 12.8. The Morgan fingerprint density at radius 2 is 1.60 bits per heavy atom. The minimum atomic E-state index is -3.51. The number of nitrogens with zero attached hydrogens (tertiary/aromatic N) is 1. The van der Waals surface area contributed by atoms with Crippen LogP contribution in [0.1, 0.15) is 25.8 Å². The number of halogens is 2. The van der Waals surface area contributed by atoms with Gasteiger partial charge in [0.15, 0.2) is 0 Å². The molecule has 1 heterocycles. The van der Waals surface area contributed by atoms with Gasteiger partial charge in [0, 0.05) is 13.1 Å². The first-order valence-electron chi connectivity index (χ1n) is 6.67. The average molecular weight is 336 g/mol. The van der Waals surface area contributed by atoms with Crippen molar-refractivity contribution in [1.82, 2.24) is 4.31 Å². The summed E-state index contributed by atoms with van der Waals surface area (Å²) in [6.45, 7) is 7.03. The molecule has 1 saturated heterocycles. The molecular weight excluding hydrogens is 317 g/mol. The SMILES string of the molecule is Cc1cc(Cl)c(Cl)cc1S(=O)(=O)N1C[C@H](C)C[C@H](C)C1. The summed E-state index contributed by atoms with van der Waals surface area (Å²) in [7, 11) is -3.51. The van der Waals surface area contributed by atoms with E-state index in [1.165, 1.54) is 6.07 Å². The van der Waals surface area contributed by atoms with Gasteiger partial charge in [0.2, 0.25) is 10.0 Å². The second-order valence-electron chi connectivity index (χ2n) is 5.80. The molecule has 1 aromatic rings. The molecule has 0 spiro atoms. The van der Waals surface area contributed by atoms with Gasteiger partial charge in [-0.2, -0.15) is 4.31 Å². The monoisotopic (exact) mass is 335 g/mol. The topological polar surface area (TPSA) is 37.4 Å². The van der Waals surface area contributed by atoms with Crippen molar-refractivity contribution in [3.8, 4) is 0 Å². The summed E-state index contributed by atoms with van der Waals surface area (Å²) in [4.78, 5) is 0.258. The Balaban J connectivity index is 2.42. The van der Waals surface area contributed by atoms with Crippen LogP contribution in [0.5, 0.6) is 0 Å². The highest BCUT2D eigenvalue weighted by molar-refractivity contribution is 7.89. The third-order valence-corrected chi connectivity index (χ3v) is 6.37. The number of piperidine rings is 1. The summed E-state index contributed by atoms with van der Waals surface area (Å²) in [5.41, 5.74) is 0.630. The summed E-state index contributed by atoms with van der Waals surface area (Å²) in [5, 5.41) is 0.650. The maximum Gasteiger partial charge on any atom is 0.243 e. The standard InChI is InChI=1S/C14H19Cl2NO2S/c1-9-4-10(2)8-17(7-9)20(18,19)14-6-13(16)12(15)5-11(14)3/h5-6,9-10H,4,7-8H2,1-3H3/t9-,10+. The zero-order chi connectivity index (χ0) is 15.1. The number of sulfonamides is 1. The Morgan fingerprint density at radius 3 is 2.15 bits per heavy atom. The number of rotatable bonds is 2. The van der Waals surface area contributed by atoms with Crippen molar-refractivity contribution in [1.29, 1.82) is 0 Å². The summed E-state index contributed by atoms with van der Waals surface area (Å²) in [6, 6.07) is 3.06. The van der Waals surface area contributed by atoms with Gasteiger partial charge >= 0.3 is 0 Å². The molecule has 1 aliphatic rings. The molecule has 1 aromatic carbocycles. The molecule has 1 fully saturated rings. The third kappa shape index (κ3) is 3.14. The van der Waals surface area contributed by atoms with E-state index in [0.717, 1.165) is 6.42 Å². The molecule has 0 unspecified atom stereocenters. The van der Waals surface area contributed by atoms with Crippen molar-refractivity contribution in [2.45, 2.75) is 32.1 Å². The molecule has 3 nitrogen and oxygen atoms in total. The molecule has 0 saturated carbocycles. The van der Waals surface area contributed by atoms with Gasteiger partial charge in [0.25, 0.3) is 0 Å². The lowest BCUT2D eigenvalue weighted by Crippen LogP contribution is -2.42. The van der Waals surface area contributed by atoms with Gasteiger partial charge < -0.3 is 0 Å². The van der Waals surface area contributed by atoms with Crippen molar-refractivity contribution >= 4 is 33.2 Å². The molecule has 0 bridgehead atoms. The third-order valence-electron chi connectivity index (χ3n) is 3.67. The predicted molar refractivity (Wildman–Crippen MR) is 82.9 cm³/mol. The lowest BCUT2D eigenvalue weighted by atomic mass is 9.94. The van der Waals surface area contributed by atoms with Gasteiger partial charge in [-0.05, 0) is 42.9 Å². The number of hydrogen-bond acceptors (Lipinski definition) is 2. The van der Waals surface area contributed by atoms with Crippen molar-refractivity contribution in [3.63, 3.8) is 0 Å². The normalized spacial score (nSPS) is 24.9. The van der Waals surface area contributed by atoms with Crippen LogP contribution in [0.15, 0.2) is 17.0 Å². The van der Waals surface area contributed by atoms with Crippen LogP contribution >= 0.6 is 23.2 Å². The molecule has 0 N–H and O–H groups in total. The van der Waals surface area contributed by atoms with Gasteiger partial charge in [-0.15, -0.1) is 0 Å². The Morgan fingerprint density at radius 1 is 1.10 bits per heavy atom. The highest BCUT2D eigenvalue weighted by Crippen LogP contribution is 2.32. The summed E-state index contributed by atoms with van der Waals surface area (Å²) < 4.78 is 27.1. The molecule has 6 heteroatoms. The van der Waals surface area contributed by atoms with Crippen LogP contribution in [-0.2, 0) is 10.0 Å². The number of hydrogen-bond donors (Lipinski definition) is 0. The fourth-order valence-electron chi connectivity index (χ4n) is 2.85. The Kier molecular flexibility index (Phi) is 4.69. The molecule has 2 rings (SSSR count). The largest absolute Gasteiger partial charge is 0.243 e. The molecule has 0 aliphatic carbocycles. The second-order valence-corrected chi connectivity index (χ2v) is 8.52. The zero-order valence-electron chi connectivity index (χ0n) is 11.9. The Bertz CT molecular complexity index is 606. The maximum atomic E-state index is 12.8. The van der Waals surface area contributed by atoms with E-state index in [4.69, 9.17) is 23.2 Å². The smallest absolute Gasteiger partial charge is 0.207 e. The van der Waals surface area contributed by atoms with Crippen LogP contribution < -0.4 is 0 Å². The second kappa shape index (κ2) is 5.84.